The molecule has 2 amide bonds. The Balaban J connectivity index is 1.52. The van der Waals surface area contributed by atoms with Crippen molar-refractivity contribution in [2.24, 2.45) is 0 Å². The number of pyridine rings is 1. The third-order valence-electron chi connectivity index (χ3n) is 6.03. The molecule has 2 aromatic carbocycles. The Morgan fingerprint density at radius 2 is 1.82 bits per heavy atom. The average molecular weight is 463 g/mol. The highest BCUT2D eigenvalue weighted by atomic mass is 16.5. The van der Waals surface area contributed by atoms with E-state index >= 15 is 0 Å². The van der Waals surface area contributed by atoms with E-state index in [1.54, 1.807) is 12.1 Å². The molecule has 0 spiro atoms. The van der Waals surface area contributed by atoms with Crippen molar-refractivity contribution in [1.82, 2.24) is 20.5 Å². The number of nitrogens with zero attached hydrogens (tertiary/aromatic N) is 1. The Hall–Kier alpha value is -3.49. The van der Waals surface area contributed by atoms with Gasteiger partial charge in [-0.2, -0.15) is 0 Å². The number of carbonyl (C=O) groups is 2. The van der Waals surface area contributed by atoms with Crippen molar-refractivity contribution >= 4 is 22.7 Å². The topological polar surface area (TPSA) is 104 Å². The summed E-state index contributed by atoms with van der Waals surface area (Å²) in [5, 5.41) is 6.68. The van der Waals surface area contributed by atoms with Crippen LogP contribution in [0.15, 0.2) is 59.4 Å². The zero-order valence-electron chi connectivity index (χ0n) is 19.3. The van der Waals surface area contributed by atoms with Crippen LogP contribution in [0.1, 0.15) is 21.5 Å². The van der Waals surface area contributed by atoms with Gasteiger partial charge in [-0.3, -0.25) is 19.3 Å². The molecule has 8 nitrogen and oxygen atoms in total. The fourth-order valence-electron chi connectivity index (χ4n) is 4.11. The van der Waals surface area contributed by atoms with Crippen LogP contribution in [-0.2, 0) is 16.0 Å². The molecule has 3 aromatic rings. The summed E-state index contributed by atoms with van der Waals surface area (Å²) in [6.45, 7) is 6.18. The number of aryl methyl sites for hydroxylation is 1. The van der Waals surface area contributed by atoms with Crippen LogP contribution in [-0.4, -0.2) is 67.1 Å². The van der Waals surface area contributed by atoms with Crippen molar-refractivity contribution < 1.29 is 14.3 Å². The Labute approximate surface area is 198 Å². The van der Waals surface area contributed by atoms with Gasteiger partial charge in [0.1, 0.15) is 6.04 Å². The summed E-state index contributed by atoms with van der Waals surface area (Å²) in [4.78, 5) is 43.4. The highest BCUT2D eigenvalue weighted by molar-refractivity contribution is 5.98. The summed E-state index contributed by atoms with van der Waals surface area (Å²) in [6.07, 6.45) is 0.200. The summed E-state index contributed by atoms with van der Waals surface area (Å²) in [7, 11) is 0. The lowest BCUT2D eigenvalue weighted by Crippen LogP contribution is -2.50. The number of benzene rings is 2. The Kier molecular flexibility index (Phi) is 7.72. The fraction of sp³-hybridized carbons (Fsp3) is 0.346. The number of H-pyrrole nitrogens is 1. The SMILES string of the molecule is Cc1ccc(C(=O)NC(Cc2cc(=O)[nH]c3ccccc23)C(=O)NCCN2CCOCC2)cc1. The molecular formula is C26H30N4O4. The number of nitrogens with one attached hydrogen (secondary N) is 3. The summed E-state index contributed by atoms with van der Waals surface area (Å²) in [5.41, 5.74) is 2.68. The Morgan fingerprint density at radius 3 is 2.59 bits per heavy atom. The lowest BCUT2D eigenvalue weighted by Gasteiger charge is -2.27. The van der Waals surface area contributed by atoms with E-state index in [0.29, 0.717) is 42.9 Å². The van der Waals surface area contributed by atoms with E-state index in [0.717, 1.165) is 24.0 Å². The number of fused-ring (bicyclic) bond motifs is 1. The van der Waals surface area contributed by atoms with Crippen LogP contribution in [0.25, 0.3) is 10.9 Å². The molecule has 8 heteroatoms. The molecule has 1 fully saturated rings. The summed E-state index contributed by atoms with van der Waals surface area (Å²) in [5.74, 6) is -0.611. The minimum Gasteiger partial charge on any atom is -0.379 e. The predicted molar refractivity (Wildman–Crippen MR) is 131 cm³/mol. The first-order valence-corrected chi connectivity index (χ1v) is 11.6. The molecule has 178 valence electrons. The number of aromatic amines is 1. The first kappa shape index (κ1) is 23.7. The van der Waals surface area contributed by atoms with Gasteiger partial charge in [0.15, 0.2) is 0 Å². The van der Waals surface area contributed by atoms with Crippen LogP contribution in [0.3, 0.4) is 0 Å². The molecule has 2 heterocycles. The van der Waals surface area contributed by atoms with Gasteiger partial charge in [-0.25, -0.2) is 0 Å². The minimum absolute atomic E-state index is 0.200. The number of amides is 2. The molecule has 0 radical (unpaired) electrons. The maximum Gasteiger partial charge on any atom is 0.251 e. The zero-order chi connectivity index (χ0) is 23.9. The lowest BCUT2D eigenvalue weighted by molar-refractivity contribution is -0.123. The van der Waals surface area contributed by atoms with Crippen molar-refractivity contribution in [1.29, 1.82) is 0 Å². The molecular weight excluding hydrogens is 432 g/mol. The van der Waals surface area contributed by atoms with Crippen LogP contribution < -0.4 is 16.2 Å². The first-order chi connectivity index (χ1) is 16.5. The van der Waals surface area contributed by atoms with Crippen LogP contribution >= 0.6 is 0 Å². The average Bonchev–Trinajstić information content (AvgIpc) is 2.84. The van der Waals surface area contributed by atoms with Gasteiger partial charge in [0, 0.05) is 55.1 Å². The molecule has 4 rings (SSSR count). The van der Waals surface area contributed by atoms with E-state index in [-0.39, 0.29) is 23.8 Å². The molecule has 34 heavy (non-hydrogen) atoms. The van der Waals surface area contributed by atoms with E-state index in [9.17, 15) is 14.4 Å². The summed E-state index contributed by atoms with van der Waals surface area (Å²) in [6, 6.07) is 15.3. The van der Waals surface area contributed by atoms with Crippen molar-refractivity contribution in [2.75, 3.05) is 39.4 Å². The monoisotopic (exact) mass is 462 g/mol. The molecule has 1 aromatic heterocycles. The maximum atomic E-state index is 13.2. The Bertz CT molecular complexity index is 1200. The van der Waals surface area contributed by atoms with Crippen LogP contribution in [0.2, 0.25) is 0 Å². The van der Waals surface area contributed by atoms with Gasteiger partial charge in [0.25, 0.3) is 5.91 Å². The number of aromatic nitrogens is 1. The van der Waals surface area contributed by atoms with E-state index < -0.39 is 6.04 Å². The second-order valence-electron chi connectivity index (χ2n) is 8.55. The third kappa shape index (κ3) is 6.09. The van der Waals surface area contributed by atoms with E-state index in [2.05, 4.69) is 20.5 Å². The highest BCUT2D eigenvalue weighted by Crippen LogP contribution is 2.16. The number of carbonyl (C=O) groups excluding carboxylic acids is 2. The first-order valence-electron chi connectivity index (χ1n) is 11.6. The van der Waals surface area contributed by atoms with Crippen molar-refractivity contribution in [3.63, 3.8) is 0 Å². The normalized spacial score (nSPS) is 15.1. The van der Waals surface area contributed by atoms with Gasteiger partial charge in [-0.1, -0.05) is 35.9 Å². The van der Waals surface area contributed by atoms with Gasteiger partial charge >= 0.3 is 0 Å². The third-order valence-corrected chi connectivity index (χ3v) is 6.03. The van der Waals surface area contributed by atoms with Crippen LogP contribution in [0.5, 0.6) is 0 Å². The molecule has 0 aliphatic carbocycles. The zero-order valence-corrected chi connectivity index (χ0v) is 19.3. The number of rotatable bonds is 8. The van der Waals surface area contributed by atoms with Crippen molar-refractivity contribution in [3.05, 3.63) is 81.6 Å². The molecule has 3 N–H and O–H groups in total. The maximum absolute atomic E-state index is 13.2. The quantitative estimate of drug-likeness (QED) is 0.472. The standard InChI is InChI=1S/C26H30N4O4/c1-18-6-8-19(9-7-18)25(32)29-23(26(33)27-10-11-30-12-14-34-15-13-30)16-20-17-24(31)28-22-5-3-2-4-21(20)22/h2-9,17,23H,10-16H2,1H3,(H,27,33)(H,28,31)(H,29,32). The molecule has 1 unspecified atom stereocenters. The van der Waals surface area contributed by atoms with Crippen molar-refractivity contribution in [2.45, 2.75) is 19.4 Å². The van der Waals surface area contributed by atoms with E-state index in [4.69, 9.17) is 4.74 Å². The Morgan fingerprint density at radius 1 is 1.09 bits per heavy atom. The van der Waals surface area contributed by atoms with Gasteiger partial charge in [-0.15, -0.1) is 0 Å². The number of morpholine rings is 1. The predicted octanol–water partition coefficient (Wildman–Crippen LogP) is 1.63. The molecule has 0 bridgehead atoms. The lowest BCUT2D eigenvalue weighted by atomic mass is 10.0. The smallest absolute Gasteiger partial charge is 0.251 e. The van der Waals surface area contributed by atoms with E-state index in [1.165, 1.54) is 6.07 Å². The number of ether oxygens (including phenoxy) is 1. The number of hydrogen-bond donors (Lipinski definition) is 3. The highest BCUT2D eigenvalue weighted by Gasteiger charge is 2.23. The van der Waals surface area contributed by atoms with Gasteiger partial charge < -0.3 is 20.4 Å². The minimum atomic E-state index is -0.830. The molecule has 1 atom stereocenters. The number of para-hydroxylation sites is 1. The molecule has 1 saturated heterocycles. The van der Waals surface area contributed by atoms with Gasteiger partial charge in [0.2, 0.25) is 11.5 Å². The number of hydrogen-bond acceptors (Lipinski definition) is 5. The molecule has 1 aliphatic heterocycles. The summed E-state index contributed by atoms with van der Waals surface area (Å²) < 4.78 is 5.37. The van der Waals surface area contributed by atoms with Gasteiger partial charge in [0.05, 0.1) is 13.2 Å². The van der Waals surface area contributed by atoms with Crippen LogP contribution in [0, 0.1) is 6.92 Å². The van der Waals surface area contributed by atoms with E-state index in [1.807, 2.05) is 43.3 Å². The largest absolute Gasteiger partial charge is 0.379 e. The van der Waals surface area contributed by atoms with Crippen LogP contribution in [0.4, 0.5) is 0 Å². The van der Waals surface area contributed by atoms with Gasteiger partial charge in [-0.05, 0) is 30.7 Å². The summed E-state index contributed by atoms with van der Waals surface area (Å²) >= 11 is 0. The van der Waals surface area contributed by atoms with Crippen molar-refractivity contribution in [3.8, 4) is 0 Å². The second kappa shape index (κ2) is 11.1. The second-order valence-corrected chi connectivity index (χ2v) is 8.55. The molecule has 1 aliphatic rings. The molecule has 0 saturated carbocycles. The fourth-order valence-corrected chi connectivity index (χ4v) is 4.11.